The van der Waals surface area contributed by atoms with Crippen molar-refractivity contribution in [2.24, 2.45) is 23.3 Å². The second-order valence-corrected chi connectivity index (χ2v) is 35.0. The van der Waals surface area contributed by atoms with Gasteiger partial charge in [-0.3, -0.25) is 81.5 Å². The number of piperidine rings is 1. The number of primary amides is 2. The molecule has 16 N–H and O–H groups in total. The molecule has 0 aliphatic carbocycles. The summed E-state index contributed by atoms with van der Waals surface area (Å²) >= 11 is 0.790. The minimum Gasteiger partial charge on any atom is -0.508 e. The van der Waals surface area contributed by atoms with Crippen molar-refractivity contribution in [2.75, 3.05) is 52.3 Å². The predicted octanol–water partition coefficient (Wildman–Crippen LogP) is 2.19. The zero-order chi connectivity index (χ0) is 94.5. The zero-order valence-corrected chi connectivity index (χ0v) is 75.4. The number of aromatic hydroxyl groups is 1. The van der Waals surface area contributed by atoms with E-state index in [1.54, 1.807) is 88.5 Å². The number of aromatic nitrogens is 1. The molecule has 1 aromatic heterocycles. The lowest BCUT2D eigenvalue weighted by Gasteiger charge is -2.38. The Morgan fingerprint density at radius 2 is 1.04 bits per heavy atom. The molecule has 13 atom stereocenters. The van der Waals surface area contributed by atoms with E-state index < -0.39 is 228 Å². The normalized spacial score (nSPS) is 24.0. The van der Waals surface area contributed by atoms with Crippen LogP contribution in [0.2, 0.25) is 0 Å². The second-order valence-electron chi connectivity index (χ2n) is 34.0. The number of carboxylic acids is 1. The van der Waals surface area contributed by atoms with Crippen LogP contribution in [-0.4, -0.2) is 271 Å². The molecule has 129 heavy (non-hydrogen) atoms. The van der Waals surface area contributed by atoms with Crippen LogP contribution in [-0.2, 0) is 107 Å². The number of phenols is 1. The molecule has 0 bridgehead atoms. The number of carbonyl (C=O) groups is 17. The molecule has 700 valence electrons. The van der Waals surface area contributed by atoms with Crippen LogP contribution in [0.25, 0.3) is 10.9 Å². The van der Waals surface area contributed by atoms with E-state index in [1.807, 2.05) is 13.8 Å². The van der Waals surface area contributed by atoms with Gasteiger partial charge in [0.1, 0.15) is 90.1 Å². The Kier molecular flexibility index (Phi) is 38.8. The number of nitrogens with two attached hydrogens (primary N) is 2. The molecule has 3 fully saturated rings. The largest absolute Gasteiger partial charge is 0.508 e. The molecule has 3 aliphatic heterocycles. The van der Waals surface area contributed by atoms with E-state index >= 15 is 47.9 Å². The quantitative estimate of drug-likeness (QED) is 0.0398. The number of halogens is 1. The fourth-order valence-electron chi connectivity index (χ4n) is 16.2. The monoisotopic (exact) mass is 1810 g/mol. The number of nitrogens with zero attached hydrogens (tertiary/aromatic N) is 5. The maximum absolute atomic E-state index is 15.7. The number of phenolic OH excluding ortho intramolecular Hbond substituents is 1. The number of aromatic amines is 1. The number of fused-ring (bicyclic) bond motifs is 3. The first-order chi connectivity index (χ1) is 61.4. The summed E-state index contributed by atoms with van der Waals surface area (Å²) in [7, 11) is 3.99. The molecule has 5 aromatic rings. The molecule has 16 amide bonds. The van der Waals surface area contributed by atoms with Gasteiger partial charge in [-0.25, -0.2) is 4.39 Å². The highest BCUT2D eigenvalue weighted by molar-refractivity contribution is 8.00. The highest BCUT2D eigenvalue weighted by Gasteiger charge is 2.46. The Morgan fingerprint density at radius 1 is 0.512 bits per heavy atom. The number of likely N-dealkylation sites (N-methyl/N-ethyl adjacent to an activating group) is 3. The molecule has 0 spiro atoms. The summed E-state index contributed by atoms with van der Waals surface area (Å²) < 4.78 is 14.6. The topological polar surface area (TPSA) is 523 Å². The molecule has 38 heteroatoms. The standard InChI is InChI=1S/C91H124FN17O19S/c1-10-12-26-69-84(121)98-62(38-39-74(93)111)88(125)108-40-20-19-28-70(108)85(122)101-65(46-57-48-95-61-25-18-17-24-60(57)61)82(119)100-64(43-56-32-36-59(110)37-33-56)81(118)99-63(42-52(3)4)80(117)103-68(79(116)96-49-75(94)112)50-129-51-76(113)97-67(44-55-30-34-58(92)35-31-55)87(124)107(9)73(45-54-22-15-14-16-23-54)89(126)106(8)72(27-13-11-2)90(127)109-41-21-29-71(109)86(123)102-66(47-77(114)115)83(120)104-78(53(5)6)91(128)105(69)7/h14-18,22-25,30-37,48,52-53,62-73,78,95,110H,10-13,19-21,26-29,38-47,49-51H2,1-9H3,(H2,93,111)(H2,94,112)(H,96,116)(H,97,113)(H,98,121)(H,99,118)(H,100,119)(H,101,122)(H,102,123)(H,103,117)(H,104,120)(H,114,115)/t62-,63-,64-,65+,66-,67-,68-,69-,70+,71+,72-,73-,78-/m0/s1. The van der Waals surface area contributed by atoms with Crippen molar-refractivity contribution in [3.05, 3.63) is 137 Å². The van der Waals surface area contributed by atoms with Crippen LogP contribution in [0.3, 0.4) is 0 Å². The number of H-pyrrole nitrogens is 1. The highest BCUT2D eigenvalue weighted by atomic mass is 32.2. The van der Waals surface area contributed by atoms with Gasteiger partial charge in [0.2, 0.25) is 94.5 Å². The van der Waals surface area contributed by atoms with Crippen molar-refractivity contribution >= 4 is 123 Å². The number of rotatable bonds is 25. The number of carbonyl (C=O) groups excluding carboxylic acids is 16. The molecule has 0 unspecified atom stereocenters. The average molecular weight is 1810 g/mol. The van der Waals surface area contributed by atoms with Crippen LogP contribution in [0.15, 0.2) is 109 Å². The smallest absolute Gasteiger partial charge is 0.305 e. The molecule has 0 saturated carbocycles. The molecular weight excluding hydrogens is 1690 g/mol. The van der Waals surface area contributed by atoms with Crippen LogP contribution in [0.5, 0.6) is 5.75 Å². The summed E-state index contributed by atoms with van der Waals surface area (Å²) in [6.45, 7) is 9.45. The van der Waals surface area contributed by atoms with Crippen molar-refractivity contribution in [3.63, 3.8) is 0 Å². The Bertz CT molecular complexity index is 4790. The lowest BCUT2D eigenvalue weighted by molar-refractivity contribution is -0.152. The molecule has 4 aromatic carbocycles. The van der Waals surface area contributed by atoms with Gasteiger partial charge in [0.25, 0.3) is 0 Å². The SMILES string of the molecule is CCCC[C@H]1C(=O)N[C@@H](CCC(N)=O)C(=O)N2CCCC[C@@H]2C(=O)N[C@H](Cc2c[nH]c3ccccc23)C(=O)N[C@@H](Cc2ccc(O)cc2)C(=O)N[C@@H](CC(C)C)C(=O)N[C@H](C(=O)NCC(N)=O)CSCC(=O)N[C@@H](Cc2ccc(F)cc2)C(=O)N(C)[C@@H](Cc2ccccc2)C(=O)N(C)[C@@H](CCCC)C(=O)N2CCC[C@@H]2C(=O)N[C@@H](CC(=O)O)C(=O)N[C@@H](C(C)C)C(=O)N1C. The Balaban J connectivity index is 1.22. The summed E-state index contributed by atoms with van der Waals surface area (Å²) in [6.07, 6.45) is 1.22. The molecule has 8 rings (SSSR count). The predicted molar refractivity (Wildman–Crippen MR) is 477 cm³/mol. The second kappa shape index (κ2) is 49.2. The molecule has 4 heterocycles. The number of para-hydroxylation sites is 1. The van der Waals surface area contributed by atoms with Crippen LogP contribution < -0.4 is 59.3 Å². The zero-order valence-electron chi connectivity index (χ0n) is 74.5. The van der Waals surface area contributed by atoms with E-state index in [4.69, 9.17) is 11.5 Å². The third kappa shape index (κ3) is 29.5. The third-order valence-electron chi connectivity index (χ3n) is 23.4. The highest BCUT2D eigenvalue weighted by Crippen LogP contribution is 2.28. The van der Waals surface area contributed by atoms with Gasteiger partial charge in [-0.2, -0.15) is 0 Å². The molecule has 0 radical (unpaired) electrons. The Morgan fingerprint density at radius 3 is 1.66 bits per heavy atom. The lowest BCUT2D eigenvalue weighted by atomic mass is 9.97. The van der Waals surface area contributed by atoms with Gasteiger partial charge in [-0.05, 0) is 122 Å². The number of amides is 16. The van der Waals surface area contributed by atoms with Gasteiger partial charge in [0.05, 0.1) is 18.7 Å². The average Bonchev–Trinajstić information content (AvgIpc) is 1.75. The number of aliphatic carboxylic acids is 1. The summed E-state index contributed by atoms with van der Waals surface area (Å²) in [5.41, 5.74) is 13.7. The third-order valence-corrected chi connectivity index (χ3v) is 24.4. The van der Waals surface area contributed by atoms with Gasteiger partial charge in [0.15, 0.2) is 0 Å². The van der Waals surface area contributed by atoms with E-state index in [9.17, 15) is 48.2 Å². The summed E-state index contributed by atoms with van der Waals surface area (Å²) in [6, 6.07) is 6.64. The number of carboxylic acid groups (broad SMARTS) is 1. The maximum Gasteiger partial charge on any atom is 0.305 e. The van der Waals surface area contributed by atoms with Gasteiger partial charge < -0.3 is 99.0 Å². The van der Waals surface area contributed by atoms with Gasteiger partial charge in [0, 0.05) is 89.2 Å². The van der Waals surface area contributed by atoms with Crippen LogP contribution in [0.4, 0.5) is 4.39 Å². The van der Waals surface area contributed by atoms with Crippen LogP contribution in [0.1, 0.15) is 160 Å². The number of unbranched alkanes of at least 4 members (excludes halogenated alkanes) is 2. The van der Waals surface area contributed by atoms with Crippen molar-refractivity contribution < 1.29 is 96.1 Å². The number of thioether (sulfide) groups is 1. The van der Waals surface area contributed by atoms with Gasteiger partial charge in [-0.1, -0.05) is 140 Å². The van der Waals surface area contributed by atoms with Gasteiger partial charge in [-0.15, -0.1) is 11.8 Å². The van der Waals surface area contributed by atoms with Crippen molar-refractivity contribution in [2.45, 2.75) is 242 Å². The number of hydrogen-bond donors (Lipinski definition) is 14. The first-order valence-corrected chi connectivity index (χ1v) is 45.1. The minimum atomic E-state index is -1.89. The Labute approximate surface area is 753 Å². The maximum atomic E-state index is 15.7. The summed E-state index contributed by atoms with van der Waals surface area (Å²) in [5, 5.41) is 45.4. The molecule has 36 nitrogen and oxygen atoms in total. The molecular formula is C91H124FN17O19S. The van der Waals surface area contributed by atoms with Gasteiger partial charge >= 0.3 is 5.97 Å². The Hall–Kier alpha value is -12.5. The fourth-order valence-corrected chi connectivity index (χ4v) is 17.1. The van der Waals surface area contributed by atoms with Crippen LogP contribution in [0, 0.1) is 17.7 Å². The van der Waals surface area contributed by atoms with E-state index in [2.05, 4.69) is 52.8 Å². The van der Waals surface area contributed by atoms with Crippen LogP contribution >= 0.6 is 11.8 Å². The number of benzene rings is 4. The first kappa shape index (κ1) is 102. The van der Waals surface area contributed by atoms with Crippen molar-refractivity contribution in [1.82, 2.24) is 77.3 Å². The summed E-state index contributed by atoms with van der Waals surface area (Å²) in [5.74, 6) is -18.8. The molecule has 3 aliphatic rings. The minimum absolute atomic E-state index is 0.00835. The fraction of sp³-hybridized carbons (Fsp3) is 0.527. The van der Waals surface area contributed by atoms with E-state index in [0.29, 0.717) is 71.7 Å². The number of nitrogens with one attached hydrogen (secondary N) is 10. The lowest BCUT2D eigenvalue weighted by Crippen LogP contribution is -2.62. The van der Waals surface area contributed by atoms with E-state index in [0.717, 1.165) is 33.7 Å². The number of hydrogen-bond acceptors (Lipinski definition) is 19. The van der Waals surface area contributed by atoms with Crippen molar-refractivity contribution in [3.8, 4) is 5.75 Å². The first-order valence-electron chi connectivity index (χ1n) is 44.0. The van der Waals surface area contributed by atoms with Crippen molar-refractivity contribution in [1.29, 1.82) is 0 Å². The summed E-state index contributed by atoms with van der Waals surface area (Å²) in [4.78, 5) is 258. The van der Waals surface area contributed by atoms with E-state index in [-0.39, 0.29) is 89.0 Å². The van der Waals surface area contributed by atoms with E-state index in [1.165, 1.54) is 72.2 Å². The molecule has 3 saturated heterocycles.